The summed E-state index contributed by atoms with van der Waals surface area (Å²) in [6.45, 7) is 1.53. The number of nitrogens with one attached hydrogen (secondary N) is 1. The average Bonchev–Trinajstić information content (AvgIpc) is 3.43. The van der Waals surface area contributed by atoms with Gasteiger partial charge in [-0.25, -0.2) is 9.37 Å². The molecule has 11 heteroatoms. The zero-order valence-electron chi connectivity index (χ0n) is 17.6. The van der Waals surface area contributed by atoms with Crippen molar-refractivity contribution in [1.29, 1.82) is 0 Å². The molecule has 0 saturated carbocycles. The Labute approximate surface area is 200 Å². The number of thiophene rings is 1. The van der Waals surface area contributed by atoms with Crippen LogP contribution in [0.2, 0.25) is 5.02 Å². The molecule has 5 rings (SSSR count). The maximum Gasteiger partial charge on any atom is 0.268 e. The highest BCUT2D eigenvalue weighted by molar-refractivity contribution is 7.22. The molecule has 0 atom stereocenters. The molecule has 3 aromatic heterocycles. The third-order valence-electron chi connectivity index (χ3n) is 5.10. The molecule has 0 bridgehead atoms. The number of rotatable bonds is 5. The molecule has 3 heterocycles. The number of aryl methyl sites for hydroxylation is 1. The van der Waals surface area contributed by atoms with Gasteiger partial charge in [-0.1, -0.05) is 28.9 Å². The largest absolute Gasteiger partial charge is 0.333 e. The second-order valence-corrected chi connectivity index (χ2v) is 8.78. The van der Waals surface area contributed by atoms with Gasteiger partial charge in [0.15, 0.2) is 0 Å². The molecule has 1 amide bonds. The van der Waals surface area contributed by atoms with Gasteiger partial charge in [0.25, 0.3) is 11.4 Å². The third kappa shape index (κ3) is 4.09. The van der Waals surface area contributed by atoms with E-state index in [4.69, 9.17) is 16.1 Å². The van der Waals surface area contributed by atoms with E-state index in [1.54, 1.807) is 43.3 Å². The van der Waals surface area contributed by atoms with E-state index in [1.807, 2.05) is 0 Å². The fourth-order valence-corrected chi connectivity index (χ4v) is 4.66. The number of anilines is 1. The van der Waals surface area contributed by atoms with Gasteiger partial charge in [0.1, 0.15) is 17.2 Å². The number of benzene rings is 2. The molecule has 1 N–H and O–H groups in total. The molecule has 34 heavy (non-hydrogen) atoms. The van der Waals surface area contributed by atoms with Crippen molar-refractivity contribution < 1.29 is 13.7 Å². The average molecular weight is 496 g/mol. The van der Waals surface area contributed by atoms with Gasteiger partial charge in [0.2, 0.25) is 11.7 Å². The van der Waals surface area contributed by atoms with E-state index in [2.05, 4.69) is 20.4 Å². The first-order valence-electron chi connectivity index (χ1n) is 10.0. The van der Waals surface area contributed by atoms with Crippen LogP contribution in [0.4, 0.5) is 10.1 Å². The van der Waals surface area contributed by atoms with Gasteiger partial charge in [-0.2, -0.15) is 4.98 Å². The van der Waals surface area contributed by atoms with Gasteiger partial charge in [-0.05, 0) is 48.9 Å². The van der Waals surface area contributed by atoms with Crippen LogP contribution in [0.3, 0.4) is 0 Å². The van der Waals surface area contributed by atoms with Crippen LogP contribution in [0.1, 0.15) is 5.56 Å². The number of carbonyl (C=O) groups is 1. The van der Waals surface area contributed by atoms with Gasteiger partial charge >= 0.3 is 0 Å². The first-order valence-corrected chi connectivity index (χ1v) is 11.2. The van der Waals surface area contributed by atoms with Crippen molar-refractivity contribution in [2.75, 3.05) is 5.32 Å². The Morgan fingerprint density at radius 1 is 1.21 bits per heavy atom. The summed E-state index contributed by atoms with van der Waals surface area (Å²) in [4.78, 5) is 35.4. The predicted molar refractivity (Wildman–Crippen MR) is 127 cm³/mol. The van der Waals surface area contributed by atoms with Crippen molar-refractivity contribution in [3.63, 3.8) is 0 Å². The van der Waals surface area contributed by atoms with E-state index in [9.17, 15) is 14.0 Å². The summed E-state index contributed by atoms with van der Waals surface area (Å²) in [5, 5.41) is 7.42. The number of amides is 1. The van der Waals surface area contributed by atoms with E-state index in [0.29, 0.717) is 42.8 Å². The minimum absolute atomic E-state index is 0.224. The van der Waals surface area contributed by atoms with E-state index < -0.39 is 5.91 Å². The molecule has 0 aliphatic rings. The quantitative estimate of drug-likeness (QED) is 0.371. The molecule has 8 nitrogen and oxygen atoms in total. The summed E-state index contributed by atoms with van der Waals surface area (Å²) in [5.74, 6) is -0.253. The van der Waals surface area contributed by atoms with Gasteiger partial charge in [-0.3, -0.25) is 14.2 Å². The number of hydrogen-bond acceptors (Lipinski definition) is 7. The van der Waals surface area contributed by atoms with Crippen molar-refractivity contribution in [2.24, 2.45) is 0 Å². The van der Waals surface area contributed by atoms with E-state index in [1.165, 1.54) is 34.4 Å². The van der Waals surface area contributed by atoms with Crippen molar-refractivity contribution in [3.05, 3.63) is 81.6 Å². The minimum Gasteiger partial charge on any atom is -0.333 e. The highest BCUT2D eigenvalue weighted by Crippen LogP contribution is 2.35. The summed E-state index contributed by atoms with van der Waals surface area (Å²) in [5.41, 5.74) is 1.31. The number of nitrogens with zero attached hydrogens (tertiary/aromatic N) is 4. The lowest BCUT2D eigenvalue weighted by Gasteiger charge is -2.08. The van der Waals surface area contributed by atoms with Gasteiger partial charge in [0.05, 0.1) is 27.3 Å². The summed E-state index contributed by atoms with van der Waals surface area (Å²) < 4.78 is 19.8. The van der Waals surface area contributed by atoms with Crippen molar-refractivity contribution >= 4 is 44.7 Å². The summed E-state index contributed by atoms with van der Waals surface area (Å²) in [7, 11) is 0. The zero-order chi connectivity index (χ0) is 23.8. The lowest BCUT2D eigenvalue weighted by atomic mass is 10.2. The Kier molecular flexibility index (Phi) is 5.68. The van der Waals surface area contributed by atoms with Crippen LogP contribution in [-0.4, -0.2) is 25.6 Å². The molecule has 0 saturated heterocycles. The lowest BCUT2D eigenvalue weighted by Crippen LogP contribution is -2.27. The van der Waals surface area contributed by atoms with Crippen LogP contribution in [0.25, 0.3) is 32.4 Å². The molecule has 0 aliphatic heterocycles. The minimum atomic E-state index is -0.412. The predicted octanol–water partition coefficient (Wildman–Crippen LogP) is 4.91. The van der Waals surface area contributed by atoms with Crippen molar-refractivity contribution in [1.82, 2.24) is 19.7 Å². The monoisotopic (exact) mass is 495 g/mol. The molecule has 0 unspecified atom stereocenters. The molecular formula is C23H15ClFN5O3S. The lowest BCUT2D eigenvalue weighted by molar-refractivity contribution is -0.116. The third-order valence-corrected chi connectivity index (χ3v) is 6.62. The van der Waals surface area contributed by atoms with Crippen molar-refractivity contribution in [3.8, 4) is 22.2 Å². The van der Waals surface area contributed by atoms with Gasteiger partial charge in [-0.15, -0.1) is 11.3 Å². The topological polar surface area (TPSA) is 103 Å². The number of hydrogen-bond donors (Lipinski definition) is 1. The molecule has 5 aromatic rings. The highest BCUT2D eigenvalue weighted by Gasteiger charge is 2.21. The summed E-state index contributed by atoms with van der Waals surface area (Å²) in [6.07, 6.45) is 1.33. The Morgan fingerprint density at radius 3 is 2.74 bits per heavy atom. The maximum atomic E-state index is 13.2. The van der Waals surface area contributed by atoms with Crippen LogP contribution < -0.4 is 10.9 Å². The fourth-order valence-electron chi connectivity index (χ4n) is 3.41. The van der Waals surface area contributed by atoms with E-state index in [-0.39, 0.29) is 23.8 Å². The second-order valence-electron chi connectivity index (χ2n) is 7.37. The SMILES string of the molecule is Cc1c(-c2nc(-c3ccc(F)cc3)no2)sc2ncn(CC(=O)Nc3ccccc3Cl)c(=O)c12. The standard InChI is InChI=1S/C23H15ClFN5O3S/c1-12-18-22(34-19(12)21-28-20(29-33-21)13-6-8-14(25)9-7-13)26-11-30(23(18)32)10-17(31)27-16-5-3-2-4-15(16)24/h2-9,11H,10H2,1H3,(H,27,31). The summed E-state index contributed by atoms with van der Waals surface area (Å²) >= 11 is 7.31. The Hall–Kier alpha value is -3.89. The Bertz CT molecular complexity index is 1590. The van der Waals surface area contributed by atoms with Crippen LogP contribution in [0.15, 0.2) is 64.2 Å². The Balaban J connectivity index is 1.44. The van der Waals surface area contributed by atoms with Crippen LogP contribution in [0, 0.1) is 12.7 Å². The highest BCUT2D eigenvalue weighted by atomic mass is 35.5. The molecule has 0 radical (unpaired) electrons. The molecular weight excluding hydrogens is 481 g/mol. The van der Waals surface area contributed by atoms with Crippen LogP contribution in [0.5, 0.6) is 0 Å². The van der Waals surface area contributed by atoms with E-state index >= 15 is 0 Å². The summed E-state index contributed by atoms with van der Waals surface area (Å²) in [6, 6.07) is 12.6. The van der Waals surface area contributed by atoms with Crippen LogP contribution >= 0.6 is 22.9 Å². The second kappa shape index (κ2) is 8.81. The van der Waals surface area contributed by atoms with Gasteiger partial charge < -0.3 is 9.84 Å². The van der Waals surface area contributed by atoms with Crippen LogP contribution in [-0.2, 0) is 11.3 Å². The molecule has 170 valence electrons. The Morgan fingerprint density at radius 2 is 1.97 bits per heavy atom. The molecule has 2 aromatic carbocycles. The van der Waals surface area contributed by atoms with Gasteiger partial charge in [0, 0.05) is 5.56 Å². The maximum absolute atomic E-state index is 13.2. The number of aromatic nitrogens is 4. The number of fused-ring (bicyclic) bond motifs is 1. The smallest absolute Gasteiger partial charge is 0.268 e. The number of para-hydroxylation sites is 1. The fraction of sp³-hybridized carbons (Fsp3) is 0.0870. The van der Waals surface area contributed by atoms with Crippen molar-refractivity contribution in [2.45, 2.75) is 13.5 Å². The molecule has 0 fully saturated rings. The molecule has 0 aliphatic carbocycles. The first kappa shape index (κ1) is 21.9. The zero-order valence-corrected chi connectivity index (χ0v) is 19.2. The molecule has 0 spiro atoms. The number of carbonyl (C=O) groups excluding carboxylic acids is 1. The van der Waals surface area contributed by atoms with E-state index in [0.717, 1.165) is 0 Å². The normalized spacial score (nSPS) is 11.1. The first-order chi connectivity index (χ1) is 16.4. The number of halogens is 2.